The number of benzene rings is 1. The minimum Gasteiger partial charge on any atom is -0.355 e. The topological polar surface area (TPSA) is 55.1 Å². The van der Waals surface area contributed by atoms with Gasteiger partial charge in [0.15, 0.2) is 0 Å². The molecule has 82 valence electrons. The second-order valence-electron chi connectivity index (χ2n) is 3.28. The number of nitrogens with one attached hydrogen (secondary N) is 1. The van der Waals surface area contributed by atoms with Crippen molar-refractivity contribution in [1.82, 2.24) is 5.32 Å². The number of amides is 1. The summed E-state index contributed by atoms with van der Waals surface area (Å²) >= 11 is 5.76. The van der Waals surface area contributed by atoms with Crippen LogP contribution in [0.3, 0.4) is 0 Å². The monoisotopic (exact) mass is 226 g/mol. The molecule has 0 bridgehead atoms. The molecule has 1 aromatic rings. The maximum Gasteiger partial charge on any atom is 0.233 e. The average molecular weight is 227 g/mol. The van der Waals surface area contributed by atoms with Crippen molar-refractivity contribution in [2.75, 3.05) is 13.1 Å². The second-order valence-corrected chi connectivity index (χ2v) is 3.72. The quantitative estimate of drug-likeness (QED) is 0.745. The van der Waals surface area contributed by atoms with Crippen LogP contribution in [0.15, 0.2) is 24.3 Å². The molecule has 0 saturated carbocycles. The Bertz CT molecular complexity index is 311. The van der Waals surface area contributed by atoms with Gasteiger partial charge in [-0.3, -0.25) is 4.79 Å². The molecule has 0 heterocycles. The van der Waals surface area contributed by atoms with E-state index in [1.165, 1.54) is 5.56 Å². The summed E-state index contributed by atoms with van der Waals surface area (Å²) in [5.74, 6) is -0.105. The molecule has 0 radical (unpaired) electrons. The van der Waals surface area contributed by atoms with E-state index in [-0.39, 0.29) is 12.5 Å². The first-order valence-electron chi connectivity index (χ1n) is 4.93. The third-order valence-corrected chi connectivity index (χ3v) is 2.32. The summed E-state index contributed by atoms with van der Waals surface area (Å²) in [5.41, 5.74) is 6.38. The van der Waals surface area contributed by atoms with Gasteiger partial charge in [-0.2, -0.15) is 0 Å². The zero-order valence-electron chi connectivity index (χ0n) is 8.50. The minimum absolute atomic E-state index is 0.0565. The van der Waals surface area contributed by atoms with Crippen LogP contribution in [0.1, 0.15) is 12.0 Å². The number of nitrogens with two attached hydrogens (primary N) is 1. The van der Waals surface area contributed by atoms with Crippen molar-refractivity contribution in [3.63, 3.8) is 0 Å². The van der Waals surface area contributed by atoms with Gasteiger partial charge >= 0.3 is 0 Å². The fourth-order valence-corrected chi connectivity index (χ4v) is 1.37. The van der Waals surface area contributed by atoms with E-state index >= 15 is 0 Å². The van der Waals surface area contributed by atoms with Crippen LogP contribution in [0.2, 0.25) is 5.02 Å². The highest BCUT2D eigenvalue weighted by Crippen LogP contribution is 2.10. The smallest absolute Gasteiger partial charge is 0.233 e. The van der Waals surface area contributed by atoms with Crippen LogP contribution >= 0.6 is 11.6 Å². The molecule has 0 aliphatic carbocycles. The Morgan fingerprint density at radius 3 is 2.60 bits per heavy atom. The second kappa shape index (κ2) is 6.43. The van der Waals surface area contributed by atoms with Crippen LogP contribution in [-0.2, 0) is 11.2 Å². The van der Waals surface area contributed by atoms with Gasteiger partial charge in [0.2, 0.25) is 5.91 Å². The van der Waals surface area contributed by atoms with Crippen LogP contribution in [-0.4, -0.2) is 19.0 Å². The Kier molecular flexibility index (Phi) is 5.15. The zero-order valence-corrected chi connectivity index (χ0v) is 9.26. The first-order chi connectivity index (χ1) is 7.22. The van der Waals surface area contributed by atoms with E-state index in [0.29, 0.717) is 6.54 Å². The first-order valence-corrected chi connectivity index (χ1v) is 5.31. The maximum atomic E-state index is 10.8. The highest BCUT2D eigenvalue weighted by Gasteiger charge is 1.96. The number of hydrogen-bond acceptors (Lipinski definition) is 2. The minimum atomic E-state index is -0.105. The van der Waals surface area contributed by atoms with Crippen LogP contribution < -0.4 is 11.1 Å². The lowest BCUT2D eigenvalue weighted by Crippen LogP contribution is -2.31. The Morgan fingerprint density at radius 1 is 1.33 bits per heavy atom. The molecular weight excluding hydrogens is 212 g/mol. The van der Waals surface area contributed by atoms with E-state index in [1.807, 2.05) is 24.3 Å². The van der Waals surface area contributed by atoms with Gasteiger partial charge in [0.05, 0.1) is 6.54 Å². The van der Waals surface area contributed by atoms with E-state index in [0.717, 1.165) is 17.9 Å². The first kappa shape index (κ1) is 12.0. The van der Waals surface area contributed by atoms with Gasteiger partial charge in [0.25, 0.3) is 0 Å². The van der Waals surface area contributed by atoms with Crippen molar-refractivity contribution in [3.05, 3.63) is 34.9 Å². The van der Waals surface area contributed by atoms with Crippen molar-refractivity contribution in [3.8, 4) is 0 Å². The van der Waals surface area contributed by atoms with Gasteiger partial charge in [-0.05, 0) is 30.5 Å². The lowest BCUT2D eigenvalue weighted by Gasteiger charge is -2.03. The summed E-state index contributed by atoms with van der Waals surface area (Å²) in [6.07, 6.45) is 1.84. The standard InChI is InChI=1S/C11H15ClN2O/c12-10-5-3-9(4-6-10)2-1-7-14-11(15)8-13/h3-6H,1-2,7-8,13H2,(H,14,15). The molecule has 3 N–H and O–H groups in total. The lowest BCUT2D eigenvalue weighted by atomic mass is 10.1. The Morgan fingerprint density at radius 2 is 2.00 bits per heavy atom. The molecule has 0 aliphatic heterocycles. The third kappa shape index (κ3) is 4.81. The molecule has 3 nitrogen and oxygen atoms in total. The molecule has 0 fully saturated rings. The van der Waals surface area contributed by atoms with E-state index in [1.54, 1.807) is 0 Å². The predicted molar refractivity (Wildman–Crippen MR) is 61.8 cm³/mol. The predicted octanol–water partition coefficient (Wildman–Crippen LogP) is 1.35. The summed E-state index contributed by atoms with van der Waals surface area (Å²) in [6, 6.07) is 7.73. The highest BCUT2D eigenvalue weighted by molar-refractivity contribution is 6.30. The summed E-state index contributed by atoms with van der Waals surface area (Å²) in [6.45, 7) is 0.722. The van der Waals surface area contributed by atoms with Crippen LogP contribution in [0.4, 0.5) is 0 Å². The van der Waals surface area contributed by atoms with Crippen LogP contribution in [0.5, 0.6) is 0 Å². The summed E-state index contributed by atoms with van der Waals surface area (Å²) in [7, 11) is 0. The van der Waals surface area contributed by atoms with Crippen molar-refractivity contribution in [2.45, 2.75) is 12.8 Å². The molecule has 0 aliphatic rings. The molecule has 1 rings (SSSR count). The number of halogens is 1. The molecular formula is C11H15ClN2O. The van der Waals surface area contributed by atoms with E-state index in [4.69, 9.17) is 17.3 Å². The van der Waals surface area contributed by atoms with Gasteiger partial charge < -0.3 is 11.1 Å². The molecule has 1 aromatic carbocycles. The number of carbonyl (C=O) groups excluding carboxylic acids is 1. The lowest BCUT2D eigenvalue weighted by molar-refractivity contribution is -0.119. The molecule has 15 heavy (non-hydrogen) atoms. The molecule has 0 spiro atoms. The molecule has 0 aromatic heterocycles. The highest BCUT2D eigenvalue weighted by atomic mass is 35.5. The number of aryl methyl sites for hydroxylation is 1. The van der Waals surface area contributed by atoms with E-state index in [9.17, 15) is 4.79 Å². The van der Waals surface area contributed by atoms with Crippen molar-refractivity contribution in [1.29, 1.82) is 0 Å². The summed E-state index contributed by atoms with van der Waals surface area (Å²) in [4.78, 5) is 10.8. The van der Waals surface area contributed by atoms with Crippen molar-refractivity contribution < 1.29 is 4.79 Å². The SMILES string of the molecule is NCC(=O)NCCCc1ccc(Cl)cc1. The fraction of sp³-hybridized carbons (Fsp3) is 0.364. The fourth-order valence-electron chi connectivity index (χ4n) is 1.24. The molecule has 4 heteroatoms. The summed E-state index contributed by atoms with van der Waals surface area (Å²) < 4.78 is 0. The van der Waals surface area contributed by atoms with Gasteiger partial charge in [0.1, 0.15) is 0 Å². The maximum absolute atomic E-state index is 10.8. The Balaban J connectivity index is 2.20. The van der Waals surface area contributed by atoms with Crippen LogP contribution in [0.25, 0.3) is 0 Å². The molecule has 0 unspecified atom stereocenters. The zero-order chi connectivity index (χ0) is 11.1. The molecule has 0 saturated heterocycles. The Labute approximate surface area is 94.6 Å². The van der Waals surface area contributed by atoms with Gasteiger partial charge in [-0.25, -0.2) is 0 Å². The van der Waals surface area contributed by atoms with Crippen molar-refractivity contribution in [2.24, 2.45) is 5.73 Å². The largest absolute Gasteiger partial charge is 0.355 e. The van der Waals surface area contributed by atoms with Gasteiger partial charge in [0, 0.05) is 11.6 Å². The molecule has 0 atom stereocenters. The van der Waals surface area contributed by atoms with Crippen LogP contribution in [0, 0.1) is 0 Å². The number of carbonyl (C=O) groups is 1. The van der Waals surface area contributed by atoms with E-state index in [2.05, 4.69) is 5.32 Å². The van der Waals surface area contributed by atoms with E-state index < -0.39 is 0 Å². The van der Waals surface area contributed by atoms with Gasteiger partial charge in [-0.15, -0.1) is 0 Å². The normalized spacial score (nSPS) is 10.0. The third-order valence-electron chi connectivity index (χ3n) is 2.06. The van der Waals surface area contributed by atoms with Crippen molar-refractivity contribution >= 4 is 17.5 Å². The number of rotatable bonds is 5. The summed E-state index contributed by atoms with van der Waals surface area (Å²) in [5, 5.41) is 3.47. The average Bonchev–Trinajstić information content (AvgIpc) is 2.26. The Hall–Kier alpha value is -1.06. The number of hydrogen-bond donors (Lipinski definition) is 2. The van der Waals surface area contributed by atoms with Gasteiger partial charge in [-0.1, -0.05) is 23.7 Å². The molecule has 1 amide bonds.